The number of hydrogen-bond donors (Lipinski definition) is 1. The second-order valence-corrected chi connectivity index (χ2v) is 7.68. The van der Waals surface area contributed by atoms with E-state index >= 15 is 0 Å². The largest absolute Gasteiger partial charge is 0.355 e. The molecule has 26 heavy (non-hydrogen) atoms. The molecule has 1 amide bonds. The second kappa shape index (κ2) is 9.40. The van der Waals surface area contributed by atoms with Crippen LogP contribution in [0, 0.1) is 5.92 Å². The van der Waals surface area contributed by atoms with Crippen LogP contribution in [-0.4, -0.2) is 30.4 Å². The molecule has 0 saturated carbocycles. The first-order valence-corrected chi connectivity index (χ1v) is 9.85. The van der Waals surface area contributed by atoms with Crippen molar-refractivity contribution in [2.45, 2.75) is 25.8 Å². The molecular formula is C21H24Cl2N2O. The normalized spacial score (nSPS) is 17.8. The Bertz CT molecular complexity index is 736. The van der Waals surface area contributed by atoms with Gasteiger partial charge in [-0.3, -0.25) is 9.69 Å². The number of rotatable bonds is 6. The van der Waals surface area contributed by atoms with Crippen LogP contribution in [-0.2, 0) is 17.8 Å². The number of carbonyl (C=O) groups is 1. The topological polar surface area (TPSA) is 32.3 Å². The number of nitrogens with zero attached hydrogens (tertiary/aromatic N) is 1. The van der Waals surface area contributed by atoms with Gasteiger partial charge in [0.25, 0.3) is 0 Å². The molecule has 3 rings (SSSR count). The monoisotopic (exact) mass is 390 g/mol. The summed E-state index contributed by atoms with van der Waals surface area (Å²) < 4.78 is 0. The lowest BCUT2D eigenvalue weighted by molar-refractivity contribution is -0.126. The standard InChI is InChI=1S/C21H24Cl2N2O/c22-19-9-8-17(20(23)13-19)14-25-12-4-7-18(15-25)21(26)24-11-10-16-5-2-1-3-6-16/h1-3,5-6,8-9,13,18H,4,7,10-12,14-15H2,(H,24,26)/t18-/m0/s1. The molecule has 0 aliphatic carbocycles. The van der Waals surface area contributed by atoms with Crippen molar-refractivity contribution in [3.8, 4) is 0 Å². The SMILES string of the molecule is O=C(NCCc1ccccc1)[C@H]1CCCN(Cc2ccc(Cl)cc2Cl)C1. The van der Waals surface area contributed by atoms with E-state index in [0.717, 1.165) is 44.5 Å². The minimum atomic E-state index is 0.0469. The molecule has 1 aliphatic heterocycles. The quantitative estimate of drug-likeness (QED) is 0.783. The van der Waals surface area contributed by atoms with Crippen LogP contribution in [0.1, 0.15) is 24.0 Å². The fourth-order valence-electron chi connectivity index (χ4n) is 3.42. The Morgan fingerprint density at radius 1 is 1.15 bits per heavy atom. The van der Waals surface area contributed by atoms with E-state index in [0.29, 0.717) is 16.6 Å². The molecule has 0 bridgehead atoms. The summed E-state index contributed by atoms with van der Waals surface area (Å²) in [4.78, 5) is 14.8. The van der Waals surface area contributed by atoms with Crippen molar-refractivity contribution >= 4 is 29.1 Å². The van der Waals surface area contributed by atoms with Gasteiger partial charge in [-0.15, -0.1) is 0 Å². The summed E-state index contributed by atoms with van der Waals surface area (Å²) >= 11 is 12.3. The highest BCUT2D eigenvalue weighted by atomic mass is 35.5. The van der Waals surface area contributed by atoms with E-state index in [-0.39, 0.29) is 11.8 Å². The molecule has 0 aromatic heterocycles. The molecule has 1 heterocycles. The number of hydrogen-bond acceptors (Lipinski definition) is 2. The number of amides is 1. The van der Waals surface area contributed by atoms with Crippen LogP contribution in [0.15, 0.2) is 48.5 Å². The highest BCUT2D eigenvalue weighted by Gasteiger charge is 2.25. The van der Waals surface area contributed by atoms with Crippen molar-refractivity contribution in [3.63, 3.8) is 0 Å². The van der Waals surface area contributed by atoms with E-state index in [1.54, 1.807) is 6.07 Å². The smallest absolute Gasteiger partial charge is 0.224 e. The molecule has 1 aliphatic rings. The Morgan fingerprint density at radius 2 is 1.96 bits per heavy atom. The molecule has 3 nitrogen and oxygen atoms in total. The van der Waals surface area contributed by atoms with Crippen LogP contribution in [0.2, 0.25) is 10.0 Å². The van der Waals surface area contributed by atoms with Crippen LogP contribution < -0.4 is 5.32 Å². The Labute approximate surface area is 165 Å². The van der Waals surface area contributed by atoms with Crippen LogP contribution in [0.4, 0.5) is 0 Å². The zero-order valence-corrected chi connectivity index (χ0v) is 16.3. The summed E-state index contributed by atoms with van der Waals surface area (Å²) in [5, 5.41) is 4.43. The number of nitrogens with one attached hydrogen (secondary N) is 1. The van der Waals surface area contributed by atoms with E-state index in [9.17, 15) is 4.79 Å². The summed E-state index contributed by atoms with van der Waals surface area (Å²) in [5.41, 5.74) is 2.30. The Morgan fingerprint density at radius 3 is 2.73 bits per heavy atom. The summed E-state index contributed by atoms with van der Waals surface area (Å²) in [6.07, 6.45) is 2.84. The van der Waals surface area contributed by atoms with Crippen LogP contribution >= 0.6 is 23.2 Å². The molecule has 0 unspecified atom stereocenters. The van der Waals surface area contributed by atoms with Crippen LogP contribution in [0.5, 0.6) is 0 Å². The molecule has 2 aromatic rings. The van der Waals surface area contributed by atoms with E-state index < -0.39 is 0 Å². The van der Waals surface area contributed by atoms with Crippen molar-refractivity contribution in [1.82, 2.24) is 10.2 Å². The molecule has 1 fully saturated rings. The number of carbonyl (C=O) groups excluding carboxylic acids is 1. The van der Waals surface area contributed by atoms with Crippen LogP contribution in [0.3, 0.4) is 0 Å². The second-order valence-electron chi connectivity index (χ2n) is 6.84. The van der Waals surface area contributed by atoms with Gasteiger partial charge in [-0.1, -0.05) is 59.6 Å². The van der Waals surface area contributed by atoms with Gasteiger partial charge in [0, 0.05) is 29.7 Å². The summed E-state index contributed by atoms with van der Waals surface area (Å²) in [5.74, 6) is 0.207. The van der Waals surface area contributed by atoms with Crippen molar-refractivity contribution in [3.05, 3.63) is 69.7 Å². The van der Waals surface area contributed by atoms with Gasteiger partial charge in [0.1, 0.15) is 0 Å². The maximum absolute atomic E-state index is 12.5. The number of benzene rings is 2. The molecule has 1 atom stereocenters. The molecule has 0 spiro atoms. The molecule has 1 N–H and O–H groups in total. The zero-order chi connectivity index (χ0) is 18.4. The highest BCUT2D eigenvalue weighted by molar-refractivity contribution is 6.35. The van der Waals surface area contributed by atoms with Crippen LogP contribution in [0.25, 0.3) is 0 Å². The fraction of sp³-hybridized carbons (Fsp3) is 0.381. The zero-order valence-electron chi connectivity index (χ0n) is 14.8. The van der Waals surface area contributed by atoms with Crippen molar-refractivity contribution in [2.24, 2.45) is 5.92 Å². The fourth-order valence-corrected chi connectivity index (χ4v) is 3.89. The van der Waals surface area contributed by atoms with Crippen molar-refractivity contribution in [2.75, 3.05) is 19.6 Å². The van der Waals surface area contributed by atoms with Gasteiger partial charge in [0.05, 0.1) is 5.92 Å². The lowest BCUT2D eigenvalue weighted by Crippen LogP contribution is -2.43. The molecular weight excluding hydrogens is 367 g/mol. The van der Waals surface area contributed by atoms with E-state index in [1.807, 2.05) is 30.3 Å². The number of likely N-dealkylation sites (tertiary alicyclic amines) is 1. The first-order chi connectivity index (χ1) is 12.6. The van der Waals surface area contributed by atoms with E-state index in [4.69, 9.17) is 23.2 Å². The van der Waals surface area contributed by atoms with Crippen molar-refractivity contribution in [1.29, 1.82) is 0 Å². The van der Waals surface area contributed by atoms with Gasteiger partial charge in [-0.05, 0) is 49.1 Å². The molecule has 138 valence electrons. The third-order valence-electron chi connectivity index (χ3n) is 4.84. The maximum Gasteiger partial charge on any atom is 0.224 e. The predicted molar refractivity (Wildman–Crippen MR) is 108 cm³/mol. The minimum Gasteiger partial charge on any atom is -0.355 e. The van der Waals surface area contributed by atoms with E-state index in [2.05, 4.69) is 22.3 Å². The van der Waals surface area contributed by atoms with Gasteiger partial charge < -0.3 is 5.32 Å². The molecule has 0 radical (unpaired) electrons. The van der Waals surface area contributed by atoms with Crippen molar-refractivity contribution < 1.29 is 4.79 Å². The van der Waals surface area contributed by atoms with Gasteiger partial charge in [-0.25, -0.2) is 0 Å². The number of halogens is 2. The Kier molecular flexibility index (Phi) is 6.95. The van der Waals surface area contributed by atoms with Gasteiger partial charge >= 0.3 is 0 Å². The Balaban J connectivity index is 1.48. The highest BCUT2D eigenvalue weighted by Crippen LogP contribution is 2.25. The third kappa shape index (κ3) is 5.47. The molecule has 1 saturated heterocycles. The van der Waals surface area contributed by atoms with E-state index in [1.165, 1.54) is 5.56 Å². The number of piperidine rings is 1. The summed E-state index contributed by atoms with van der Waals surface area (Å²) in [6.45, 7) is 3.20. The first kappa shape index (κ1) is 19.2. The summed E-state index contributed by atoms with van der Waals surface area (Å²) in [7, 11) is 0. The third-order valence-corrected chi connectivity index (χ3v) is 5.43. The first-order valence-electron chi connectivity index (χ1n) is 9.10. The molecule has 5 heteroatoms. The summed E-state index contributed by atoms with van der Waals surface area (Å²) in [6, 6.07) is 15.8. The lowest BCUT2D eigenvalue weighted by atomic mass is 9.96. The average molecular weight is 391 g/mol. The maximum atomic E-state index is 12.5. The lowest BCUT2D eigenvalue weighted by Gasteiger charge is -2.32. The van der Waals surface area contributed by atoms with Gasteiger partial charge in [0.15, 0.2) is 0 Å². The van der Waals surface area contributed by atoms with Gasteiger partial charge in [-0.2, -0.15) is 0 Å². The average Bonchev–Trinajstić information content (AvgIpc) is 2.65. The predicted octanol–water partition coefficient (Wildman–Crippen LogP) is 4.56. The Hall–Kier alpha value is -1.55. The van der Waals surface area contributed by atoms with Gasteiger partial charge in [0.2, 0.25) is 5.91 Å². The minimum absolute atomic E-state index is 0.0469. The molecule has 2 aromatic carbocycles.